The summed E-state index contributed by atoms with van der Waals surface area (Å²) in [6.45, 7) is 7.62. The van der Waals surface area contributed by atoms with Gasteiger partial charge in [-0.3, -0.25) is 24.5 Å². The highest BCUT2D eigenvalue weighted by Crippen LogP contribution is 2.58. The van der Waals surface area contributed by atoms with Crippen LogP contribution in [0.4, 0.5) is 0 Å². The SMILES string of the molecule is CC1C=NC2(C)C(=O)c3c(nc(-c4ccc(Br)cc4)n3-c3ccccc3)C3(C)C([N+](=O)[O-])=CC(C)C1=C23. The van der Waals surface area contributed by atoms with Gasteiger partial charge < -0.3 is 0 Å². The van der Waals surface area contributed by atoms with E-state index in [0.29, 0.717) is 22.8 Å². The van der Waals surface area contributed by atoms with E-state index in [1.807, 2.05) is 86.2 Å². The molecule has 0 bridgehead atoms. The fourth-order valence-electron chi connectivity index (χ4n) is 6.44. The highest BCUT2D eigenvalue weighted by atomic mass is 79.9. The van der Waals surface area contributed by atoms with E-state index >= 15 is 0 Å². The van der Waals surface area contributed by atoms with Crippen LogP contribution in [0.5, 0.6) is 0 Å². The van der Waals surface area contributed by atoms with Crippen molar-refractivity contribution in [2.24, 2.45) is 16.8 Å². The topological polar surface area (TPSA) is 90.4 Å². The molecule has 3 aliphatic rings. The zero-order valence-electron chi connectivity index (χ0n) is 20.9. The minimum Gasteiger partial charge on any atom is -0.289 e. The maximum Gasteiger partial charge on any atom is 0.258 e. The number of imidazole rings is 1. The molecule has 7 nitrogen and oxygen atoms in total. The van der Waals surface area contributed by atoms with E-state index in [4.69, 9.17) is 9.98 Å². The number of carbonyl (C=O) groups excluding carboxylic acids is 1. The van der Waals surface area contributed by atoms with E-state index in [-0.39, 0.29) is 28.2 Å². The third kappa shape index (κ3) is 3.08. The normalized spacial score (nSPS) is 28.0. The lowest BCUT2D eigenvalue weighted by Gasteiger charge is -2.48. The van der Waals surface area contributed by atoms with Gasteiger partial charge in [-0.1, -0.05) is 65.7 Å². The van der Waals surface area contributed by atoms with Crippen molar-refractivity contribution >= 4 is 27.9 Å². The monoisotopic (exact) mass is 556 g/mol. The molecule has 1 aromatic heterocycles. The van der Waals surface area contributed by atoms with Gasteiger partial charge in [0.05, 0.1) is 10.6 Å². The van der Waals surface area contributed by atoms with E-state index in [1.165, 1.54) is 0 Å². The quantitative estimate of drug-likeness (QED) is 0.214. The summed E-state index contributed by atoms with van der Waals surface area (Å²) in [7, 11) is 0. The Kier molecular flexibility index (Phi) is 5.08. The first-order chi connectivity index (χ1) is 17.6. The predicted octanol–water partition coefficient (Wildman–Crippen LogP) is 6.34. The molecule has 8 heteroatoms. The molecule has 4 atom stereocenters. The maximum atomic E-state index is 14.5. The van der Waals surface area contributed by atoms with Crippen LogP contribution in [0, 0.1) is 22.0 Å². The number of halogens is 1. The Morgan fingerprint density at radius 3 is 2.35 bits per heavy atom. The minimum absolute atomic E-state index is 0.0431. The highest BCUT2D eigenvalue weighted by molar-refractivity contribution is 9.10. The van der Waals surface area contributed by atoms with Crippen LogP contribution in [-0.4, -0.2) is 32.0 Å². The molecule has 0 N–H and O–H groups in total. The number of aliphatic imine (C=N–C) groups is 1. The second-order valence-corrected chi connectivity index (χ2v) is 11.2. The molecule has 1 aliphatic heterocycles. The second-order valence-electron chi connectivity index (χ2n) is 10.3. The van der Waals surface area contributed by atoms with Gasteiger partial charge in [-0.15, -0.1) is 0 Å². The standard InChI is InChI=1S/C29H25BrN4O3/c1-16-14-21(34(36)37)28(3)24-22(16)17(2)15-31-29(24,4)26(35)23-25(28)32-27(18-10-12-19(30)13-11-18)33(23)20-8-6-5-7-9-20/h5-17H,1-4H3. The smallest absolute Gasteiger partial charge is 0.258 e. The van der Waals surface area contributed by atoms with Crippen LogP contribution in [0.2, 0.25) is 0 Å². The van der Waals surface area contributed by atoms with Crippen LogP contribution >= 0.6 is 15.9 Å². The van der Waals surface area contributed by atoms with Crippen LogP contribution in [-0.2, 0) is 5.41 Å². The number of fused-ring (bicyclic) bond motifs is 2. The van der Waals surface area contributed by atoms with Crippen LogP contribution in [0.25, 0.3) is 17.1 Å². The number of dihydropyridines is 1. The van der Waals surface area contributed by atoms with Crippen molar-refractivity contribution in [2.75, 3.05) is 0 Å². The predicted molar refractivity (Wildman–Crippen MR) is 146 cm³/mol. The molecule has 4 unspecified atom stereocenters. The lowest BCUT2D eigenvalue weighted by Crippen LogP contribution is -2.55. The molecular weight excluding hydrogens is 532 g/mol. The third-order valence-electron chi connectivity index (χ3n) is 8.05. The van der Waals surface area contributed by atoms with Gasteiger partial charge in [0, 0.05) is 33.8 Å². The number of rotatable bonds is 3. The van der Waals surface area contributed by atoms with Crippen molar-refractivity contribution in [1.29, 1.82) is 0 Å². The zero-order chi connectivity index (χ0) is 26.3. The van der Waals surface area contributed by atoms with Gasteiger partial charge in [-0.25, -0.2) is 4.98 Å². The number of hydrogen-bond donors (Lipinski definition) is 0. The van der Waals surface area contributed by atoms with Gasteiger partial charge in [0.15, 0.2) is 0 Å². The largest absolute Gasteiger partial charge is 0.289 e. The van der Waals surface area contributed by atoms with Crippen LogP contribution in [0.3, 0.4) is 0 Å². The van der Waals surface area contributed by atoms with Crippen molar-refractivity contribution < 1.29 is 9.72 Å². The number of hydrogen-bond acceptors (Lipinski definition) is 5. The molecule has 0 saturated heterocycles. The van der Waals surface area contributed by atoms with Crippen molar-refractivity contribution in [3.05, 3.63) is 103 Å². The van der Waals surface area contributed by atoms with Gasteiger partial charge in [0.1, 0.15) is 22.5 Å². The van der Waals surface area contributed by atoms with Crippen LogP contribution < -0.4 is 0 Å². The maximum absolute atomic E-state index is 14.5. The fourth-order valence-corrected chi connectivity index (χ4v) is 6.70. The van der Waals surface area contributed by atoms with Gasteiger partial charge in [-0.2, -0.15) is 0 Å². The number of Topliss-reactive ketones (excluding diaryl/α,β-unsaturated/α-hetero) is 1. The fraction of sp³-hybridized carbons (Fsp3) is 0.276. The number of nitrogens with zero attached hydrogens (tertiary/aromatic N) is 4. The van der Waals surface area contributed by atoms with E-state index in [2.05, 4.69) is 15.9 Å². The second kappa shape index (κ2) is 7.92. The first-order valence-electron chi connectivity index (χ1n) is 12.3. The Morgan fingerprint density at radius 1 is 1.03 bits per heavy atom. The first kappa shape index (κ1) is 23.7. The number of ketones is 1. The highest BCUT2D eigenvalue weighted by Gasteiger charge is 2.64. The number of allylic oxidation sites excluding steroid dienone is 3. The summed E-state index contributed by atoms with van der Waals surface area (Å²) in [5.74, 6) is 0.118. The van der Waals surface area contributed by atoms with Crippen molar-refractivity contribution in [3.63, 3.8) is 0 Å². The summed E-state index contributed by atoms with van der Waals surface area (Å²) in [5, 5.41) is 12.6. The van der Waals surface area contributed by atoms with Gasteiger partial charge in [-0.05, 0) is 49.8 Å². The molecule has 2 aromatic carbocycles. The Labute approximate surface area is 222 Å². The third-order valence-corrected chi connectivity index (χ3v) is 8.58. The Balaban J connectivity index is 1.78. The molecule has 0 amide bonds. The van der Waals surface area contributed by atoms with Crippen molar-refractivity contribution in [1.82, 2.24) is 9.55 Å². The number of benzene rings is 2. The molecule has 2 aliphatic carbocycles. The van der Waals surface area contributed by atoms with E-state index in [0.717, 1.165) is 21.3 Å². The first-order valence-corrected chi connectivity index (χ1v) is 13.0. The number of aromatic nitrogens is 2. The van der Waals surface area contributed by atoms with E-state index in [1.54, 1.807) is 13.0 Å². The Morgan fingerprint density at radius 2 is 1.70 bits per heavy atom. The molecule has 0 spiro atoms. The summed E-state index contributed by atoms with van der Waals surface area (Å²) >= 11 is 3.49. The molecule has 6 rings (SSSR count). The summed E-state index contributed by atoms with van der Waals surface area (Å²) in [6.07, 6.45) is 3.55. The van der Waals surface area contributed by atoms with Crippen molar-refractivity contribution in [2.45, 2.75) is 38.6 Å². The number of carbonyl (C=O) groups is 1. The molecule has 0 fully saturated rings. The van der Waals surface area contributed by atoms with Gasteiger partial charge in [0.2, 0.25) is 5.78 Å². The Bertz CT molecular complexity index is 1580. The average Bonchev–Trinajstić information content (AvgIpc) is 3.29. The summed E-state index contributed by atoms with van der Waals surface area (Å²) in [6, 6.07) is 17.2. The lowest BCUT2D eigenvalue weighted by molar-refractivity contribution is -0.435. The van der Waals surface area contributed by atoms with Crippen LogP contribution in [0.15, 0.2) is 87.0 Å². The molecule has 37 heavy (non-hydrogen) atoms. The van der Waals surface area contributed by atoms with Gasteiger partial charge >= 0.3 is 0 Å². The molecule has 0 radical (unpaired) electrons. The zero-order valence-corrected chi connectivity index (χ0v) is 22.5. The van der Waals surface area contributed by atoms with E-state index in [9.17, 15) is 14.9 Å². The molecular formula is C29H25BrN4O3. The number of nitro groups is 1. The number of para-hydroxylation sites is 1. The summed E-state index contributed by atoms with van der Waals surface area (Å²) in [5.41, 5.74) is 1.58. The molecule has 2 heterocycles. The lowest BCUT2D eigenvalue weighted by atomic mass is 9.55. The minimum atomic E-state index is -1.27. The molecule has 0 saturated carbocycles. The summed E-state index contributed by atoms with van der Waals surface area (Å²) < 4.78 is 2.76. The van der Waals surface area contributed by atoms with E-state index < -0.39 is 11.0 Å². The molecule has 186 valence electrons. The average molecular weight is 557 g/mol. The van der Waals surface area contributed by atoms with Crippen molar-refractivity contribution in [3.8, 4) is 17.1 Å². The molecule has 3 aromatic rings. The van der Waals surface area contributed by atoms with Gasteiger partial charge in [0.25, 0.3) is 5.70 Å². The summed E-state index contributed by atoms with van der Waals surface area (Å²) in [4.78, 5) is 36.7. The van der Waals surface area contributed by atoms with Crippen LogP contribution in [0.1, 0.15) is 43.9 Å². The Hall–Kier alpha value is -3.65.